The first kappa shape index (κ1) is 43.6. The number of benzene rings is 11. The van der Waals surface area contributed by atoms with Crippen molar-refractivity contribution in [3.05, 3.63) is 278 Å². The molecule has 0 unspecified atom stereocenters. The first-order valence-corrected chi connectivity index (χ1v) is 24.7. The average molecular weight is 945 g/mol. The molecule has 6 nitrogen and oxygen atoms in total. The van der Waals surface area contributed by atoms with E-state index in [4.69, 9.17) is 0 Å². The lowest BCUT2D eigenvalue weighted by atomic mass is 9.86. The summed E-state index contributed by atoms with van der Waals surface area (Å²) in [5.41, 5.74) is 14.7. The maximum atomic E-state index is 12.2. The Bertz CT molecular complexity index is 3830. The van der Waals surface area contributed by atoms with Crippen LogP contribution in [0.4, 0.5) is 34.1 Å². The molecule has 13 rings (SSSR count). The van der Waals surface area contributed by atoms with Crippen molar-refractivity contribution in [2.24, 2.45) is 0 Å². The molecule has 2 heterocycles. The molecule has 0 N–H and O–H groups in total. The smallest absolute Gasteiger partial charge is 0.102 e. The van der Waals surface area contributed by atoms with E-state index in [1.54, 1.807) is 0 Å². The number of para-hydroxylation sites is 8. The van der Waals surface area contributed by atoms with Crippen molar-refractivity contribution in [1.82, 2.24) is 9.13 Å². The van der Waals surface area contributed by atoms with Crippen LogP contribution in [0.25, 0.3) is 77.2 Å². The van der Waals surface area contributed by atoms with Gasteiger partial charge in [0, 0.05) is 66.8 Å². The second-order valence-corrected chi connectivity index (χ2v) is 18.3. The van der Waals surface area contributed by atoms with Gasteiger partial charge in [0.2, 0.25) is 0 Å². The van der Waals surface area contributed by atoms with Crippen LogP contribution >= 0.6 is 0 Å². The highest BCUT2D eigenvalue weighted by Gasteiger charge is 2.32. The largest absolute Gasteiger partial charge is 0.311 e. The quantitative estimate of drug-likeness (QED) is 0.137. The minimum Gasteiger partial charge on any atom is -0.311 e. The maximum Gasteiger partial charge on any atom is 0.102 e. The standard InChI is InChI=1S/C68H44N6/c69-45-59-65(47-37-41-53(42-38-47)71(49-21-5-1-6-22-49)50-23-7-2-8-24-50)67(73-61-33-17-13-29-55(61)56-30-14-18-34-62(56)73)60(46-70)66(68(59)74-63-35-19-15-31-57(63)58-32-16-20-36-64(58)74)48-39-43-54(44-40-48)72(51-25-9-3-10-26-51)52-27-11-4-12-28-52/h1-44H. The summed E-state index contributed by atoms with van der Waals surface area (Å²) in [5, 5.41) is 28.6. The van der Waals surface area contributed by atoms with Crippen molar-refractivity contribution in [3.63, 3.8) is 0 Å². The lowest BCUT2D eigenvalue weighted by molar-refractivity contribution is 1.13. The summed E-state index contributed by atoms with van der Waals surface area (Å²) in [6.07, 6.45) is 0. The zero-order valence-electron chi connectivity index (χ0n) is 40.1. The highest BCUT2D eigenvalue weighted by atomic mass is 15.1. The van der Waals surface area contributed by atoms with Gasteiger partial charge in [0.05, 0.1) is 44.6 Å². The van der Waals surface area contributed by atoms with E-state index < -0.39 is 0 Å². The van der Waals surface area contributed by atoms with Gasteiger partial charge in [-0.15, -0.1) is 0 Å². The summed E-state index contributed by atoms with van der Waals surface area (Å²) in [4.78, 5) is 4.47. The molecule has 346 valence electrons. The number of fused-ring (bicyclic) bond motifs is 6. The highest BCUT2D eigenvalue weighted by Crippen LogP contribution is 2.49. The fourth-order valence-corrected chi connectivity index (χ4v) is 11.0. The van der Waals surface area contributed by atoms with Crippen molar-refractivity contribution in [2.75, 3.05) is 9.80 Å². The predicted octanol–water partition coefficient (Wildman–Crippen LogP) is 17.9. The van der Waals surface area contributed by atoms with Gasteiger partial charge in [-0.3, -0.25) is 0 Å². The van der Waals surface area contributed by atoms with Gasteiger partial charge in [0.15, 0.2) is 0 Å². The zero-order chi connectivity index (χ0) is 49.5. The molecule has 0 spiro atoms. The second kappa shape index (κ2) is 18.4. The van der Waals surface area contributed by atoms with Crippen molar-refractivity contribution < 1.29 is 0 Å². The van der Waals surface area contributed by atoms with Gasteiger partial charge in [0.25, 0.3) is 0 Å². The van der Waals surface area contributed by atoms with Gasteiger partial charge in [-0.25, -0.2) is 0 Å². The van der Waals surface area contributed by atoms with Crippen LogP contribution in [-0.2, 0) is 0 Å². The third-order valence-corrected chi connectivity index (χ3v) is 14.2. The third-order valence-electron chi connectivity index (χ3n) is 14.2. The van der Waals surface area contributed by atoms with Crippen LogP contribution in [-0.4, -0.2) is 9.13 Å². The van der Waals surface area contributed by atoms with Crippen LogP contribution in [0.3, 0.4) is 0 Å². The fraction of sp³-hybridized carbons (Fsp3) is 0. The van der Waals surface area contributed by atoms with Crippen LogP contribution in [0, 0.1) is 22.7 Å². The van der Waals surface area contributed by atoms with Crippen LogP contribution < -0.4 is 9.80 Å². The molecule has 11 aromatic carbocycles. The Labute approximate surface area is 428 Å². The molecule has 0 aliphatic carbocycles. The molecule has 74 heavy (non-hydrogen) atoms. The number of nitrogens with zero attached hydrogens (tertiary/aromatic N) is 6. The second-order valence-electron chi connectivity index (χ2n) is 18.3. The van der Waals surface area contributed by atoms with Crippen LogP contribution in [0.15, 0.2) is 267 Å². The molecular weight excluding hydrogens is 901 g/mol. The topological polar surface area (TPSA) is 63.9 Å². The van der Waals surface area contributed by atoms with Crippen LogP contribution in [0.5, 0.6) is 0 Å². The summed E-state index contributed by atoms with van der Waals surface area (Å²) < 4.78 is 4.43. The molecule has 13 aromatic rings. The Morgan fingerprint density at radius 3 is 0.743 bits per heavy atom. The Kier molecular flexibility index (Phi) is 10.8. The van der Waals surface area contributed by atoms with E-state index in [0.29, 0.717) is 33.6 Å². The highest BCUT2D eigenvalue weighted by molar-refractivity contribution is 6.13. The Hall–Kier alpha value is -10.4. The Morgan fingerprint density at radius 2 is 0.486 bits per heavy atom. The van der Waals surface area contributed by atoms with E-state index in [2.05, 4.69) is 201 Å². The molecule has 0 radical (unpaired) electrons. The first-order chi connectivity index (χ1) is 36.7. The van der Waals surface area contributed by atoms with Crippen molar-refractivity contribution in [3.8, 4) is 45.8 Å². The van der Waals surface area contributed by atoms with Crippen molar-refractivity contribution in [2.45, 2.75) is 0 Å². The molecule has 0 fully saturated rings. The van der Waals surface area contributed by atoms with Gasteiger partial charge in [0.1, 0.15) is 12.1 Å². The van der Waals surface area contributed by atoms with Gasteiger partial charge >= 0.3 is 0 Å². The number of rotatable bonds is 10. The number of nitriles is 2. The average Bonchev–Trinajstić information content (AvgIpc) is 4.00. The molecule has 6 heteroatoms. The van der Waals surface area contributed by atoms with Gasteiger partial charge < -0.3 is 18.9 Å². The van der Waals surface area contributed by atoms with E-state index in [9.17, 15) is 10.5 Å². The summed E-state index contributed by atoms with van der Waals surface area (Å²) in [6.45, 7) is 0. The van der Waals surface area contributed by atoms with E-state index >= 15 is 0 Å². The zero-order valence-corrected chi connectivity index (χ0v) is 40.1. The first-order valence-electron chi connectivity index (χ1n) is 24.7. The Balaban J connectivity index is 1.16. The number of aromatic nitrogens is 2. The summed E-state index contributed by atoms with van der Waals surface area (Å²) >= 11 is 0. The molecule has 0 amide bonds. The monoisotopic (exact) mass is 944 g/mol. The molecule has 0 saturated heterocycles. The van der Waals surface area contributed by atoms with Gasteiger partial charge in [-0.1, -0.05) is 170 Å². The van der Waals surface area contributed by atoms with Crippen molar-refractivity contribution in [1.29, 1.82) is 10.5 Å². The maximum absolute atomic E-state index is 12.2. The van der Waals surface area contributed by atoms with E-state index in [0.717, 1.165) is 88.9 Å². The molecule has 0 aliphatic rings. The number of hydrogen-bond acceptors (Lipinski definition) is 4. The fourth-order valence-electron chi connectivity index (χ4n) is 11.0. The summed E-state index contributed by atoms with van der Waals surface area (Å²) in [5.74, 6) is 0. The van der Waals surface area contributed by atoms with Crippen molar-refractivity contribution >= 4 is 77.7 Å². The normalized spacial score (nSPS) is 11.2. The third kappa shape index (κ3) is 7.17. The van der Waals surface area contributed by atoms with E-state index in [1.165, 1.54) is 0 Å². The lowest BCUT2D eigenvalue weighted by Gasteiger charge is -2.27. The number of anilines is 6. The summed E-state index contributed by atoms with van der Waals surface area (Å²) in [7, 11) is 0. The van der Waals surface area contributed by atoms with Crippen LogP contribution in [0.1, 0.15) is 11.1 Å². The van der Waals surface area contributed by atoms with Gasteiger partial charge in [-0.05, 0) is 108 Å². The molecule has 0 atom stereocenters. The number of hydrogen-bond donors (Lipinski definition) is 0. The molecule has 0 aliphatic heterocycles. The molecule has 0 saturated carbocycles. The van der Waals surface area contributed by atoms with Gasteiger partial charge in [-0.2, -0.15) is 10.5 Å². The predicted molar refractivity (Wildman–Crippen MR) is 305 cm³/mol. The summed E-state index contributed by atoms with van der Waals surface area (Å²) in [6, 6.07) is 97.4. The van der Waals surface area contributed by atoms with E-state index in [1.807, 2.05) is 97.1 Å². The Morgan fingerprint density at radius 1 is 0.257 bits per heavy atom. The molecule has 2 aromatic heterocycles. The minimum atomic E-state index is 0.442. The molecule has 0 bridgehead atoms. The SMILES string of the molecule is N#Cc1c(-c2ccc(N(c3ccccc3)c3ccccc3)cc2)c(-n2c3ccccc3c3ccccc32)c(C#N)c(-c2ccc(N(c3ccccc3)c3ccccc3)cc2)c1-n1c2ccccc2c2ccccc21. The van der Waals surface area contributed by atoms with E-state index in [-0.39, 0.29) is 0 Å². The minimum absolute atomic E-state index is 0.442. The lowest BCUT2D eigenvalue weighted by Crippen LogP contribution is -2.12. The molecular formula is C68H44N6. The van der Waals surface area contributed by atoms with Crippen LogP contribution in [0.2, 0.25) is 0 Å².